The van der Waals surface area contributed by atoms with Crippen LogP contribution in [0.3, 0.4) is 0 Å². The van der Waals surface area contributed by atoms with Crippen molar-refractivity contribution in [3.8, 4) is 11.5 Å². The minimum absolute atomic E-state index is 0.0279. The summed E-state index contributed by atoms with van der Waals surface area (Å²) in [5.41, 5.74) is 1.01. The molecule has 9 heteroatoms. The highest BCUT2D eigenvalue weighted by Gasteiger charge is 2.30. The zero-order valence-electron chi connectivity index (χ0n) is 18.0. The first-order chi connectivity index (χ1) is 14.7. The highest BCUT2D eigenvalue weighted by atomic mass is 32.2. The molecule has 0 aliphatic carbocycles. The molecule has 0 fully saturated rings. The number of ketones is 1. The Morgan fingerprint density at radius 2 is 2.06 bits per heavy atom. The number of nitrogens with zero attached hydrogens (tertiary/aromatic N) is 1. The number of amides is 1. The van der Waals surface area contributed by atoms with E-state index in [-0.39, 0.29) is 28.6 Å². The normalized spacial score (nSPS) is 17.5. The zero-order chi connectivity index (χ0) is 22.7. The molecule has 1 amide bonds. The maximum atomic E-state index is 12.9. The molecule has 3 unspecified atom stereocenters. The lowest BCUT2D eigenvalue weighted by Crippen LogP contribution is -2.42. The molecule has 2 aromatic rings. The average molecular weight is 447 g/mol. The SMILES string of the molecule is CCCOc1c[nH]c(CS(=O)C(C)C(=O)c2ccc3c(c2)N(C)C(=O)C(C)O3)cc1=O. The topological polar surface area (TPSA) is 106 Å². The Morgan fingerprint density at radius 1 is 1.32 bits per heavy atom. The summed E-state index contributed by atoms with van der Waals surface area (Å²) in [5, 5.41) is -0.804. The van der Waals surface area contributed by atoms with Crippen molar-refractivity contribution < 1.29 is 23.3 Å². The largest absolute Gasteiger partial charge is 0.488 e. The number of Topliss-reactive ketones (excluding diaryl/α,β-unsaturated/α-hetero) is 1. The average Bonchev–Trinajstić information content (AvgIpc) is 2.75. The second-order valence-electron chi connectivity index (χ2n) is 7.41. The number of hydrogen-bond acceptors (Lipinski definition) is 6. The van der Waals surface area contributed by atoms with Gasteiger partial charge in [0.1, 0.15) is 5.75 Å². The first-order valence-electron chi connectivity index (χ1n) is 10.1. The lowest BCUT2D eigenvalue weighted by Gasteiger charge is -2.30. The van der Waals surface area contributed by atoms with Gasteiger partial charge in [0.2, 0.25) is 5.43 Å². The molecule has 0 radical (unpaired) electrons. The summed E-state index contributed by atoms with van der Waals surface area (Å²) < 4.78 is 23.7. The van der Waals surface area contributed by atoms with Crippen LogP contribution in [0, 0.1) is 0 Å². The number of benzene rings is 1. The van der Waals surface area contributed by atoms with Crippen molar-refractivity contribution in [1.82, 2.24) is 4.98 Å². The second kappa shape index (κ2) is 9.47. The molecule has 0 saturated carbocycles. The number of aromatic amines is 1. The number of pyridine rings is 1. The van der Waals surface area contributed by atoms with Crippen LogP contribution in [0.4, 0.5) is 5.69 Å². The van der Waals surface area contributed by atoms with Gasteiger partial charge in [-0.25, -0.2) is 0 Å². The Balaban J connectivity index is 1.73. The van der Waals surface area contributed by atoms with E-state index >= 15 is 0 Å². The molecule has 31 heavy (non-hydrogen) atoms. The number of likely N-dealkylation sites (N-methyl/N-ethyl adjacent to an activating group) is 1. The van der Waals surface area contributed by atoms with Crippen LogP contribution in [0.15, 0.2) is 35.3 Å². The minimum Gasteiger partial charge on any atom is -0.488 e. The smallest absolute Gasteiger partial charge is 0.267 e. The summed E-state index contributed by atoms with van der Waals surface area (Å²) in [5.74, 6) is 0.239. The Hall–Kier alpha value is -2.94. The number of aromatic nitrogens is 1. The lowest BCUT2D eigenvalue weighted by molar-refractivity contribution is -0.125. The molecule has 1 aliphatic rings. The van der Waals surface area contributed by atoms with Gasteiger partial charge in [0.05, 0.1) is 23.3 Å². The van der Waals surface area contributed by atoms with E-state index in [0.717, 1.165) is 6.42 Å². The van der Waals surface area contributed by atoms with E-state index in [1.54, 1.807) is 39.1 Å². The van der Waals surface area contributed by atoms with Crippen LogP contribution in [0.25, 0.3) is 0 Å². The van der Waals surface area contributed by atoms with Crippen LogP contribution in [0.1, 0.15) is 43.2 Å². The molecule has 3 rings (SSSR count). The van der Waals surface area contributed by atoms with Gasteiger partial charge in [0.15, 0.2) is 17.6 Å². The van der Waals surface area contributed by atoms with E-state index in [1.165, 1.54) is 17.2 Å². The van der Waals surface area contributed by atoms with E-state index in [1.807, 2.05) is 6.92 Å². The number of carbonyl (C=O) groups excluding carboxylic acids is 2. The van der Waals surface area contributed by atoms with Crippen LogP contribution in [0.5, 0.6) is 11.5 Å². The van der Waals surface area contributed by atoms with Crippen LogP contribution in [-0.2, 0) is 21.3 Å². The van der Waals surface area contributed by atoms with Crippen LogP contribution in [-0.4, -0.2) is 45.9 Å². The Bertz CT molecular complexity index is 1080. The minimum atomic E-state index is -1.56. The number of H-pyrrole nitrogens is 1. The number of nitrogens with one attached hydrogen (secondary N) is 1. The van der Waals surface area contributed by atoms with E-state index in [4.69, 9.17) is 9.47 Å². The lowest BCUT2D eigenvalue weighted by atomic mass is 10.1. The number of fused-ring (bicyclic) bond motifs is 1. The molecule has 2 heterocycles. The van der Waals surface area contributed by atoms with Crippen molar-refractivity contribution in [3.63, 3.8) is 0 Å². The standard InChI is InChI=1S/C22H26N2O6S/c1-5-8-29-20-11-23-16(10-18(20)25)12-31(28)14(3)21(26)15-6-7-19-17(9-15)24(4)22(27)13(2)30-19/h6-7,9-11,13-14H,5,8,12H2,1-4H3,(H,23,25). The van der Waals surface area contributed by atoms with E-state index in [9.17, 15) is 18.6 Å². The predicted octanol–water partition coefficient (Wildman–Crippen LogP) is 2.43. The monoisotopic (exact) mass is 446 g/mol. The van der Waals surface area contributed by atoms with Gasteiger partial charge < -0.3 is 19.4 Å². The summed E-state index contributed by atoms with van der Waals surface area (Å²) in [6.07, 6.45) is 1.64. The van der Waals surface area contributed by atoms with Crippen LogP contribution < -0.4 is 19.8 Å². The Labute approximate surface area is 183 Å². The number of rotatable bonds is 8. The zero-order valence-corrected chi connectivity index (χ0v) is 18.8. The first-order valence-corrected chi connectivity index (χ1v) is 11.4. The van der Waals surface area contributed by atoms with Crippen molar-refractivity contribution in [2.75, 3.05) is 18.6 Å². The third-order valence-corrected chi connectivity index (χ3v) is 6.65. The summed E-state index contributed by atoms with van der Waals surface area (Å²) in [7, 11) is 0.0632. The molecule has 166 valence electrons. The van der Waals surface area contributed by atoms with Crippen LogP contribution in [0.2, 0.25) is 0 Å². The number of carbonyl (C=O) groups is 2. The Kier molecular flexibility index (Phi) is 6.94. The van der Waals surface area contributed by atoms with Gasteiger partial charge in [-0.15, -0.1) is 0 Å². The number of hydrogen-bond donors (Lipinski definition) is 1. The van der Waals surface area contributed by atoms with Gasteiger partial charge in [-0.3, -0.25) is 18.6 Å². The molecule has 1 aromatic heterocycles. The fourth-order valence-electron chi connectivity index (χ4n) is 3.21. The highest BCUT2D eigenvalue weighted by Crippen LogP contribution is 2.34. The fraction of sp³-hybridized carbons (Fsp3) is 0.409. The molecule has 1 N–H and O–H groups in total. The predicted molar refractivity (Wildman–Crippen MR) is 118 cm³/mol. The second-order valence-corrected chi connectivity index (χ2v) is 9.16. The highest BCUT2D eigenvalue weighted by molar-refractivity contribution is 7.85. The van der Waals surface area contributed by atoms with Gasteiger partial charge in [-0.05, 0) is 38.5 Å². The van der Waals surface area contributed by atoms with Crippen molar-refractivity contribution >= 4 is 28.2 Å². The third kappa shape index (κ3) is 4.87. The van der Waals surface area contributed by atoms with Gasteiger partial charge in [0, 0.05) is 41.4 Å². The van der Waals surface area contributed by atoms with Gasteiger partial charge in [-0.1, -0.05) is 6.92 Å². The quantitative estimate of drug-likeness (QED) is 0.625. The third-order valence-electron chi connectivity index (χ3n) is 5.05. The van der Waals surface area contributed by atoms with Crippen LogP contribution >= 0.6 is 0 Å². The van der Waals surface area contributed by atoms with E-state index in [2.05, 4.69) is 4.98 Å². The molecule has 8 nitrogen and oxygen atoms in total. The summed E-state index contributed by atoms with van der Waals surface area (Å²) in [6, 6.07) is 6.17. The number of ether oxygens (including phenoxy) is 2. The molecular weight excluding hydrogens is 420 g/mol. The maximum absolute atomic E-state index is 12.9. The molecular formula is C22H26N2O6S. The molecule has 1 aliphatic heterocycles. The summed E-state index contributed by atoms with van der Waals surface area (Å²) in [6.45, 7) is 5.63. The molecule has 1 aromatic carbocycles. The molecule has 0 bridgehead atoms. The summed E-state index contributed by atoms with van der Waals surface area (Å²) in [4.78, 5) is 41.6. The van der Waals surface area contributed by atoms with Crippen molar-refractivity contribution in [2.24, 2.45) is 0 Å². The van der Waals surface area contributed by atoms with Gasteiger partial charge in [-0.2, -0.15) is 0 Å². The molecule has 3 atom stereocenters. The van der Waals surface area contributed by atoms with Gasteiger partial charge >= 0.3 is 0 Å². The summed E-state index contributed by atoms with van der Waals surface area (Å²) >= 11 is 0. The first kappa shape index (κ1) is 22.7. The number of anilines is 1. The van der Waals surface area contributed by atoms with Crippen molar-refractivity contribution in [1.29, 1.82) is 0 Å². The Morgan fingerprint density at radius 3 is 2.74 bits per heavy atom. The van der Waals surface area contributed by atoms with Crippen molar-refractivity contribution in [3.05, 3.63) is 51.9 Å². The molecule has 0 spiro atoms. The van der Waals surface area contributed by atoms with Gasteiger partial charge in [0.25, 0.3) is 5.91 Å². The molecule has 0 saturated heterocycles. The van der Waals surface area contributed by atoms with Crippen molar-refractivity contribution in [2.45, 2.75) is 44.3 Å². The van der Waals surface area contributed by atoms with E-state index < -0.39 is 22.2 Å². The maximum Gasteiger partial charge on any atom is 0.267 e. The van der Waals surface area contributed by atoms with E-state index in [0.29, 0.717) is 29.3 Å². The fourth-order valence-corrected chi connectivity index (χ4v) is 4.30.